The number of halogens is 2. The Morgan fingerprint density at radius 2 is 2.00 bits per heavy atom. The fraction of sp³-hybridized carbons (Fsp3) is 0.0769. The van der Waals surface area contributed by atoms with Gasteiger partial charge in [0.1, 0.15) is 5.82 Å². The molecule has 0 aliphatic rings. The number of nitro groups is 1. The third-order valence-corrected chi connectivity index (χ3v) is 4.40. The van der Waals surface area contributed by atoms with Crippen molar-refractivity contribution in [2.24, 2.45) is 0 Å². The van der Waals surface area contributed by atoms with E-state index in [4.69, 9.17) is 17.3 Å². The van der Waals surface area contributed by atoms with E-state index in [1.165, 1.54) is 12.1 Å². The summed E-state index contributed by atoms with van der Waals surface area (Å²) in [5.41, 5.74) is 5.73. The topological polar surface area (TPSA) is 86.2 Å². The van der Waals surface area contributed by atoms with E-state index in [2.05, 4.69) is 0 Å². The van der Waals surface area contributed by atoms with Crippen LogP contribution in [0.2, 0.25) is 5.02 Å². The van der Waals surface area contributed by atoms with Crippen molar-refractivity contribution >= 4 is 33.8 Å². The lowest BCUT2D eigenvalue weighted by Crippen LogP contribution is -2.04. The molecule has 0 amide bonds. The fourth-order valence-electron chi connectivity index (χ4n) is 1.77. The van der Waals surface area contributed by atoms with Crippen LogP contribution in [0.4, 0.5) is 15.8 Å². The second-order valence-electron chi connectivity index (χ2n) is 4.20. The molecule has 8 heteroatoms. The van der Waals surface area contributed by atoms with Gasteiger partial charge in [-0.2, -0.15) is 0 Å². The minimum absolute atomic E-state index is 0.0395. The molecule has 0 spiro atoms. The van der Waals surface area contributed by atoms with Crippen LogP contribution in [0, 0.1) is 15.9 Å². The maximum absolute atomic E-state index is 13.2. The molecule has 2 aromatic carbocycles. The quantitative estimate of drug-likeness (QED) is 0.530. The first-order valence-corrected chi connectivity index (χ1v) is 7.44. The summed E-state index contributed by atoms with van der Waals surface area (Å²) in [5.74, 6) is -0.856. The smallest absolute Gasteiger partial charge is 0.273 e. The Morgan fingerprint density at radius 3 is 2.67 bits per heavy atom. The van der Waals surface area contributed by atoms with E-state index in [9.17, 15) is 18.7 Å². The van der Waals surface area contributed by atoms with Crippen molar-refractivity contribution in [1.29, 1.82) is 0 Å². The molecule has 0 aromatic heterocycles. The minimum atomic E-state index is -1.67. The Labute approximate surface area is 127 Å². The highest BCUT2D eigenvalue weighted by Crippen LogP contribution is 2.26. The molecule has 0 radical (unpaired) electrons. The molecule has 2 N–H and O–H groups in total. The number of nitrogens with zero attached hydrogens (tertiary/aromatic N) is 1. The van der Waals surface area contributed by atoms with Crippen LogP contribution >= 0.6 is 11.6 Å². The molecule has 21 heavy (non-hydrogen) atoms. The summed E-state index contributed by atoms with van der Waals surface area (Å²) < 4.78 is 25.5. The molecule has 110 valence electrons. The first-order chi connectivity index (χ1) is 9.88. The van der Waals surface area contributed by atoms with Crippen LogP contribution in [-0.2, 0) is 16.6 Å². The molecular weight excluding hydrogens is 319 g/mol. The largest absolute Gasteiger partial charge is 0.398 e. The van der Waals surface area contributed by atoms with Gasteiger partial charge in [0.2, 0.25) is 0 Å². The first-order valence-electron chi connectivity index (χ1n) is 5.74. The van der Waals surface area contributed by atoms with Gasteiger partial charge in [-0.3, -0.25) is 14.3 Å². The number of rotatable bonds is 4. The lowest BCUT2D eigenvalue weighted by atomic mass is 10.2. The summed E-state index contributed by atoms with van der Waals surface area (Å²) in [6.45, 7) is 0. The number of nitrogen functional groups attached to an aromatic ring is 1. The van der Waals surface area contributed by atoms with Crippen LogP contribution < -0.4 is 5.73 Å². The van der Waals surface area contributed by atoms with Gasteiger partial charge in [-0.05, 0) is 30.3 Å². The Morgan fingerprint density at radius 1 is 1.29 bits per heavy atom. The van der Waals surface area contributed by atoms with E-state index in [1.807, 2.05) is 0 Å². The van der Waals surface area contributed by atoms with Crippen molar-refractivity contribution in [1.82, 2.24) is 0 Å². The van der Waals surface area contributed by atoms with Crippen molar-refractivity contribution in [2.45, 2.75) is 10.6 Å². The minimum Gasteiger partial charge on any atom is -0.398 e. The van der Waals surface area contributed by atoms with Gasteiger partial charge in [0.15, 0.2) is 0 Å². The van der Waals surface area contributed by atoms with E-state index in [1.54, 1.807) is 6.07 Å². The van der Waals surface area contributed by atoms with Gasteiger partial charge in [-0.25, -0.2) is 4.39 Å². The molecule has 0 aliphatic carbocycles. The SMILES string of the molecule is Nc1ccc(Cl)cc1S(=O)Cc1cc(F)ccc1[N+](=O)[O-]. The first kappa shape index (κ1) is 15.4. The number of hydrogen-bond donors (Lipinski definition) is 1. The van der Waals surface area contributed by atoms with Gasteiger partial charge in [-0.1, -0.05) is 11.6 Å². The maximum Gasteiger partial charge on any atom is 0.273 e. The van der Waals surface area contributed by atoms with E-state index in [-0.39, 0.29) is 27.6 Å². The Bertz CT molecular complexity index is 739. The standard InChI is InChI=1S/C13H10ClFN2O3S/c14-9-1-3-11(16)13(6-9)21(20)7-8-5-10(15)2-4-12(8)17(18)19/h1-6H,7,16H2. The number of nitro benzene ring substituents is 1. The molecule has 0 saturated heterocycles. The van der Waals surface area contributed by atoms with E-state index in [0.29, 0.717) is 5.02 Å². The van der Waals surface area contributed by atoms with Crippen LogP contribution in [-0.4, -0.2) is 9.13 Å². The molecular formula is C13H10ClFN2O3S. The number of benzene rings is 2. The molecule has 0 aliphatic heterocycles. The van der Waals surface area contributed by atoms with Crippen molar-refractivity contribution in [2.75, 3.05) is 5.73 Å². The van der Waals surface area contributed by atoms with Crippen LogP contribution in [0.5, 0.6) is 0 Å². The van der Waals surface area contributed by atoms with Crippen LogP contribution in [0.15, 0.2) is 41.3 Å². The second kappa shape index (κ2) is 6.19. The number of hydrogen-bond acceptors (Lipinski definition) is 4. The molecule has 0 saturated carbocycles. The number of anilines is 1. The van der Waals surface area contributed by atoms with Gasteiger partial charge in [0.25, 0.3) is 5.69 Å². The van der Waals surface area contributed by atoms with Crippen molar-refractivity contribution in [3.8, 4) is 0 Å². The highest BCUT2D eigenvalue weighted by molar-refractivity contribution is 7.84. The third-order valence-electron chi connectivity index (χ3n) is 2.75. The average Bonchev–Trinajstić information content (AvgIpc) is 2.41. The predicted octanol–water partition coefficient (Wildman–Crippen LogP) is 3.28. The summed E-state index contributed by atoms with van der Waals surface area (Å²) in [7, 11) is -1.67. The van der Waals surface area contributed by atoms with E-state index >= 15 is 0 Å². The summed E-state index contributed by atoms with van der Waals surface area (Å²) in [6, 6.07) is 7.49. The predicted molar refractivity (Wildman–Crippen MR) is 79.0 cm³/mol. The van der Waals surface area contributed by atoms with Gasteiger partial charge in [-0.15, -0.1) is 0 Å². The maximum atomic E-state index is 13.2. The molecule has 5 nitrogen and oxygen atoms in total. The highest BCUT2D eigenvalue weighted by Gasteiger charge is 2.18. The van der Waals surface area contributed by atoms with Crippen molar-refractivity contribution in [3.63, 3.8) is 0 Å². The van der Waals surface area contributed by atoms with Crippen molar-refractivity contribution in [3.05, 3.63) is 62.9 Å². The lowest BCUT2D eigenvalue weighted by Gasteiger charge is -2.07. The summed E-state index contributed by atoms with van der Waals surface area (Å²) in [5, 5.41) is 11.3. The zero-order chi connectivity index (χ0) is 15.6. The molecule has 0 heterocycles. The normalized spacial score (nSPS) is 12.1. The highest BCUT2D eigenvalue weighted by atomic mass is 35.5. The molecule has 2 aromatic rings. The molecule has 0 fully saturated rings. The van der Waals surface area contributed by atoms with Gasteiger partial charge in [0.05, 0.1) is 26.4 Å². The third kappa shape index (κ3) is 3.56. The summed E-state index contributed by atoms with van der Waals surface area (Å²) in [4.78, 5) is 10.5. The average molecular weight is 329 g/mol. The fourth-order valence-corrected chi connectivity index (χ4v) is 3.27. The summed E-state index contributed by atoms with van der Waals surface area (Å²) >= 11 is 5.81. The van der Waals surface area contributed by atoms with Gasteiger partial charge in [0, 0.05) is 22.3 Å². The molecule has 1 unspecified atom stereocenters. The van der Waals surface area contributed by atoms with Crippen LogP contribution in [0.3, 0.4) is 0 Å². The van der Waals surface area contributed by atoms with E-state index in [0.717, 1.165) is 18.2 Å². The van der Waals surface area contributed by atoms with Crippen molar-refractivity contribution < 1.29 is 13.5 Å². The lowest BCUT2D eigenvalue weighted by molar-refractivity contribution is -0.385. The zero-order valence-corrected chi connectivity index (χ0v) is 12.2. The van der Waals surface area contributed by atoms with Crippen LogP contribution in [0.25, 0.3) is 0 Å². The Hall–Kier alpha value is -1.99. The van der Waals surface area contributed by atoms with E-state index < -0.39 is 21.5 Å². The molecule has 2 rings (SSSR count). The number of nitrogens with two attached hydrogens (primary N) is 1. The summed E-state index contributed by atoms with van der Waals surface area (Å²) in [6.07, 6.45) is 0. The monoisotopic (exact) mass is 328 g/mol. The molecule has 0 bridgehead atoms. The van der Waals surface area contributed by atoms with Crippen LogP contribution in [0.1, 0.15) is 5.56 Å². The van der Waals surface area contributed by atoms with Gasteiger partial charge < -0.3 is 5.73 Å². The van der Waals surface area contributed by atoms with Gasteiger partial charge >= 0.3 is 0 Å². The zero-order valence-electron chi connectivity index (χ0n) is 10.6. The Kier molecular flexibility index (Phi) is 4.54. The Balaban J connectivity index is 2.38. The second-order valence-corrected chi connectivity index (χ2v) is 6.06. The molecule has 1 atom stereocenters.